The number of nitrogen functional groups attached to an aromatic ring is 6. The lowest BCUT2D eigenvalue weighted by Gasteiger charge is -2.29. The van der Waals surface area contributed by atoms with Gasteiger partial charge in [-0.3, -0.25) is 4.79 Å². The summed E-state index contributed by atoms with van der Waals surface area (Å²) in [7, 11) is 0. The van der Waals surface area contributed by atoms with Crippen LogP contribution in [-0.2, 0) is 0 Å². The molecule has 1 atom stereocenters. The third-order valence-corrected chi connectivity index (χ3v) is 4.00. The van der Waals surface area contributed by atoms with Crippen molar-refractivity contribution < 1.29 is 9.53 Å². The van der Waals surface area contributed by atoms with Crippen molar-refractivity contribution in [3.05, 3.63) is 29.3 Å². The van der Waals surface area contributed by atoms with Gasteiger partial charge in [0.1, 0.15) is 11.8 Å². The van der Waals surface area contributed by atoms with Gasteiger partial charge in [0.25, 0.3) is 0 Å². The summed E-state index contributed by atoms with van der Waals surface area (Å²) in [5.74, 6) is -0.0617. The Morgan fingerprint density at radius 1 is 0.870 bits per heavy atom. The molecule has 0 amide bonds. The van der Waals surface area contributed by atoms with E-state index >= 15 is 0 Å². The van der Waals surface area contributed by atoms with E-state index < -0.39 is 6.10 Å². The number of hydrogen-bond donors (Lipinski definition) is 6. The second-order valence-corrected chi connectivity index (χ2v) is 5.48. The highest BCUT2D eigenvalue weighted by Crippen LogP contribution is 2.47. The fourth-order valence-corrected chi connectivity index (χ4v) is 2.64. The lowest BCUT2D eigenvalue weighted by atomic mass is 9.93. The minimum atomic E-state index is -0.553. The van der Waals surface area contributed by atoms with Gasteiger partial charge in [-0.25, -0.2) is 0 Å². The van der Waals surface area contributed by atoms with E-state index in [9.17, 15) is 4.79 Å². The van der Waals surface area contributed by atoms with Crippen LogP contribution in [0.1, 0.15) is 28.4 Å². The maximum absolute atomic E-state index is 12.5. The molecule has 2 aromatic carbocycles. The molecule has 1 aliphatic heterocycles. The Hall–Kier alpha value is -3.29. The summed E-state index contributed by atoms with van der Waals surface area (Å²) in [5, 5.41) is 0. The summed E-state index contributed by atoms with van der Waals surface area (Å²) in [4.78, 5) is 12.5. The van der Waals surface area contributed by atoms with Crippen LogP contribution in [0.5, 0.6) is 5.75 Å². The van der Waals surface area contributed by atoms with Crippen LogP contribution in [0.3, 0.4) is 0 Å². The van der Waals surface area contributed by atoms with E-state index in [1.807, 2.05) is 0 Å². The zero-order chi connectivity index (χ0) is 16.9. The Balaban J connectivity index is 2.10. The molecule has 1 aliphatic rings. The van der Waals surface area contributed by atoms with Gasteiger partial charge in [0.2, 0.25) is 0 Å². The van der Waals surface area contributed by atoms with Gasteiger partial charge in [0, 0.05) is 0 Å². The van der Waals surface area contributed by atoms with Crippen LogP contribution in [0.15, 0.2) is 18.2 Å². The molecule has 3 rings (SSSR count). The van der Waals surface area contributed by atoms with E-state index in [-0.39, 0.29) is 46.3 Å². The van der Waals surface area contributed by atoms with E-state index in [1.165, 1.54) is 0 Å². The first-order chi connectivity index (χ1) is 10.8. The predicted octanol–water partition coefficient (Wildman–Crippen LogP) is 0.886. The second-order valence-electron chi connectivity index (χ2n) is 5.48. The monoisotopic (exact) mass is 314 g/mol. The predicted molar refractivity (Wildman–Crippen MR) is 91.7 cm³/mol. The van der Waals surface area contributed by atoms with Gasteiger partial charge in [-0.05, 0) is 17.7 Å². The minimum absolute atomic E-state index is 0.0867. The number of carbonyl (C=O) groups excluding carboxylic acids is 1. The van der Waals surface area contributed by atoms with Gasteiger partial charge in [-0.15, -0.1) is 0 Å². The molecule has 0 radical (unpaired) electrons. The van der Waals surface area contributed by atoms with Gasteiger partial charge >= 0.3 is 0 Å². The molecule has 120 valence electrons. The fraction of sp³-hybridized carbons (Fsp3) is 0.133. The van der Waals surface area contributed by atoms with Crippen molar-refractivity contribution in [2.75, 3.05) is 34.4 Å². The number of nitrogens with two attached hydrogens (primary N) is 6. The van der Waals surface area contributed by atoms with Gasteiger partial charge < -0.3 is 39.1 Å². The lowest BCUT2D eigenvalue weighted by Crippen LogP contribution is -2.24. The van der Waals surface area contributed by atoms with Gasteiger partial charge in [-0.1, -0.05) is 6.07 Å². The first-order valence-electron chi connectivity index (χ1n) is 6.91. The third-order valence-electron chi connectivity index (χ3n) is 4.00. The van der Waals surface area contributed by atoms with Crippen molar-refractivity contribution in [3.63, 3.8) is 0 Å². The maximum atomic E-state index is 12.5. The molecule has 0 aromatic heterocycles. The lowest BCUT2D eigenvalue weighted by molar-refractivity contribution is 0.0853. The van der Waals surface area contributed by atoms with Crippen molar-refractivity contribution in [3.8, 4) is 5.75 Å². The summed E-state index contributed by atoms with van der Waals surface area (Å²) < 4.78 is 5.87. The second kappa shape index (κ2) is 4.87. The first-order valence-corrected chi connectivity index (χ1v) is 6.91. The molecule has 12 N–H and O–H groups in total. The average molecular weight is 314 g/mol. The molecule has 0 saturated carbocycles. The smallest absolute Gasteiger partial charge is 0.172 e. The van der Waals surface area contributed by atoms with Crippen molar-refractivity contribution in [2.24, 2.45) is 0 Å². The maximum Gasteiger partial charge on any atom is 0.172 e. The van der Waals surface area contributed by atoms with Gasteiger partial charge in [0.15, 0.2) is 11.5 Å². The third kappa shape index (κ3) is 2.11. The highest BCUT2D eigenvalue weighted by atomic mass is 16.5. The van der Waals surface area contributed by atoms with E-state index in [4.69, 9.17) is 39.1 Å². The first kappa shape index (κ1) is 14.6. The molecule has 23 heavy (non-hydrogen) atoms. The molecule has 8 heteroatoms. The van der Waals surface area contributed by atoms with E-state index in [0.29, 0.717) is 16.9 Å². The van der Waals surface area contributed by atoms with E-state index in [1.54, 1.807) is 18.2 Å². The molecule has 2 aromatic rings. The number of anilines is 6. The zero-order valence-electron chi connectivity index (χ0n) is 12.3. The van der Waals surface area contributed by atoms with Crippen molar-refractivity contribution in [2.45, 2.75) is 12.5 Å². The molecule has 0 bridgehead atoms. The summed E-state index contributed by atoms with van der Waals surface area (Å²) in [6.07, 6.45) is -0.466. The minimum Gasteiger partial charge on any atom is -0.482 e. The quantitative estimate of drug-likeness (QED) is 0.419. The molecule has 0 aliphatic carbocycles. The number of benzene rings is 2. The number of rotatable bonds is 1. The van der Waals surface area contributed by atoms with Gasteiger partial charge in [-0.2, -0.15) is 0 Å². The summed E-state index contributed by atoms with van der Waals surface area (Å²) in [6, 6.07) is 5.07. The molecule has 1 unspecified atom stereocenters. The molecule has 0 spiro atoms. The Bertz CT molecular complexity index is 833. The average Bonchev–Trinajstić information content (AvgIpc) is 2.52. The van der Waals surface area contributed by atoms with Crippen molar-refractivity contribution in [1.82, 2.24) is 0 Å². The highest BCUT2D eigenvalue weighted by molar-refractivity contribution is 6.11. The van der Waals surface area contributed by atoms with Crippen molar-refractivity contribution >= 4 is 39.9 Å². The summed E-state index contributed by atoms with van der Waals surface area (Å²) >= 11 is 0. The van der Waals surface area contributed by atoms with Crippen LogP contribution >= 0.6 is 0 Å². The molecule has 0 saturated heterocycles. The van der Waals surface area contributed by atoms with Crippen LogP contribution in [-0.4, -0.2) is 5.78 Å². The number of ketones is 1. The molecule has 1 heterocycles. The van der Waals surface area contributed by atoms with E-state index in [2.05, 4.69) is 0 Å². The van der Waals surface area contributed by atoms with Gasteiger partial charge in [0.05, 0.1) is 40.4 Å². The van der Waals surface area contributed by atoms with Crippen LogP contribution in [0, 0.1) is 0 Å². The molecular formula is C15H18N6O2. The Morgan fingerprint density at radius 3 is 2.17 bits per heavy atom. The van der Waals surface area contributed by atoms with Crippen molar-refractivity contribution in [1.29, 1.82) is 0 Å². The number of carbonyl (C=O) groups is 1. The summed E-state index contributed by atoms with van der Waals surface area (Å²) in [5.41, 5.74) is 37.1. The topological polar surface area (TPSA) is 182 Å². The Labute approximate surface area is 132 Å². The van der Waals surface area contributed by atoms with E-state index in [0.717, 1.165) is 0 Å². The Kier molecular flexibility index (Phi) is 3.10. The summed E-state index contributed by atoms with van der Waals surface area (Å²) in [6.45, 7) is 0. The number of hydrogen-bond acceptors (Lipinski definition) is 8. The Morgan fingerprint density at radius 2 is 1.52 bits per heavy atom. The van der Waals surface area contributed by atoms with Crippen LogP contribution < -0.4 is 39.1 Å². The number of ether oxygens (including phenoxy) is 1. The molecule has 8 nitrogen and oxygen atoms in total. The number of Topliss-reactive ketones (excluding diaryl/α,β-unsaturated/α-hetero) is 1. The zero-order valence-corrected chi connectivity index (χ0v) is 12.3. The molecular weight excluding hydrogens is 296 g/mol. The fourth-order valence-electron chi connectivity index (χ4n) is 2.64. The normalized spacial score (nSPS) is 16.7. The SMILES string of the molecule is Nc1ccc(C2CC(=O)c3c(N)c(N)c(N)c(N)c3O2)cc1N. The number of fused-ring (bicyclic) bond motifs is 1. The highest BCUT2D eigenvalue weighted by Gasteiger charge is 2.33. The largest absolute Gasteiger partial charge is 0.482 e. The molecule has 0 fully saturated rings. The van der Waals surface area contributed by atoms with Crippen LogP contribution in [0.4, 0.5) is 34.1 Å². The van der Waals surface area contributed by atoms with Crippen LogP contribution in [0.2, 0.25) is 0 Å². The van der Waals surface area contributed by atoms with Crippen LogP contribution in [0.25, 0.3) is 0 Å². The standard InChI is InChI=1S/C15H18N6O2/c16-6-2-1-5(3-7(6)17)9-4-8(22)10-11(18)12(19)13(20)14(21)15(10)23-9/h1-3,9H,4,16-21H2.